The van der Waals surface area contributed by atoms with Gasteiger partial charge in [0.05, 0.1) is 0 Å². The summed E-state index contributed by atoms with van der Waals surface area (Å²) < 4.78 is 0. The largest absolute Gasteiger partial charge is 0.0654 e. The Kier molecular flexibility index (Phi) is 4.28. The maximum atomic E-state index is 2.51. The van der Waals surface area contributed by atoms with Crippen molar-refractivity contribution in [1.29, 1.82) is 0 Å². The van der Waals surface area contributed by atoms with E-state index in [0.29, 0.717) is 5.41 Å². The van der Waals surface area contributed by atoms with E-state index in [2.05, 4.69) is 20.8 Å². The first-order valence-corrected chi connectivity index (χ1v) is 6.16. The molecule has 0 spiro atoms. The first-order valence-electron chi connectivity index (χ1n) is 6.16. The van der Waals surface area contributed by atoms with Gasteiger partial charge < -0.3 is 0 Å². The lowest BCUT2D eigenvalue weighted by molar-refractivity contribution is 0.151. The van der Waals surface area contributed by atoms with Gasteiger partial charge in [-0.05, 0) is 30.6 Å². The summed E-state index contributed by atoms with van der Waals surface area (Å²) in [6.07, 6.45) is 11.7. The maximum Gasteiger partial charge on any atom is -0.0323 e. The third-order valence-electron chi connectivity index (χ3n) is 3.70. The van der Waals surface area contributed by atoms with E-state index >= 15 is 0 Å². The number of hydrogen-bond donors (Lipinski definition) is 0. The topological polar surface area (TPSA) is 0 Å². The van der Waals surface area contributed by atoms with Crippen molar-refractivity contribution in [3.63, 3.8) is 0 Å². The summed E-state index contributed by atoms with van der Waals surface area (Å²) >= 11 is 0. The summed E-state index contributed by atoms with van der Waals surface area (Å²) in [5, 5.41) is 0. The molecule has 0 aromatic carbocycles. The molecule has 0 amide bonds. The molecule has 1 fully saturated rings. The van der Waals surface area contributed by atoms with E-state index in [1.807, 2.05) is 0 Å². The molecule has 0 nitrogen and oxygen atoms in total. The van der Waals surface area contributed by atoms with Gasteiger partial charge in [0.15, 0.2) is 0 Å². The Bertz CT molecular complexity index is 139. The van der Waals surface area contributed by atoms with Crippen molar-refractivity contribution in [3.8, 4) is 0 Å². The van der Waals surface area contributed by atoms with Gasteiger partial charge in [-0.2, -0.15) is 0 Å². The van der Waals surface area contributed by atoms with Gasteiger partial charge in [0.25, 0.3) is 0 Å². The van der Waals surface area contributed by atoms with Crippen LogP contribution in [-0.4, -0.2) is 0 Å². The Morgan fingerprint density at radius 2 is 2.08 bits per heavy atom. The molecule has 2 unspecified atom stereocenters. The van der Waals surface area contributed by atoms with Crippen molar-refractivity contribution in [2.75, 3.05) is 0 Å². The van der Waals surface area contributed by atoms with Crippen LogP contribution in [0.3, 0.4) is 0 Å². The lowest BCUT2D eigenvalue weighted by Gasteiger charge is -2.37. The van der Waals surface area contributed by atoms with Crippen LogP contribution in [0.5, 0.6) is 0 Å². The number of rotatable bonds is 4. The van der Waals surface area contributed by atoms with E-state index < -0.39 is 0 Å². The van der Waals surface area contributed by atoms with Crippen LogP contribution in [0.15, 0.2) is 0 Å². The van der Waals surface area contributed by atoms with E-state index in [1.165, 1.54) is 51.4 Å². The van der Waals surface area contributed by atoms with Crippen LogP contribution >= 0.6 is 0 Å². The zero-order chi connectivity index (χ0) is 9.73. The van der Waals surface area contributed by atoms with Crippen LogP contribution in [0.4, 0.5) is 0 Å². The molecule has 0 aliphatic heterocycles. The Balaban J connectivity index is 2.27. The quantitative estimate of drug-likeness (QED) is 0.549. The zero-order valence-corrected chi connectivity index (χ0v) is 9.73. The van der Waals surface area contributed by atoms with Crippen LogP contribution in [0.2, 0.25) is 0 Å². The minimum atomic E-state index is 0.701. The standard InChI is InChI=1S/C13H26/c1-4-5-6-9-13(3)10-7-8-12(2)11-13/h12H,4-11H2,1-3H3. The Labute approximate surface area is 84.1 Å². The highest BCUT2D eigenvalue weighted by atomic mass is 14.3. The van der Waals surface area contributed by atoms with Crippen LogP contribution in [0.1, 0.15) is 72.1 Å². The molecule has 0 heteroatoms. The SMILES string of the molecule is CCCCCC1(C)CCCC(C)C1. The minimum Gasteiger partial charge on any atom is -0.0654 e. The van der Waals surface area contributed by atoms with Gasteiger partial charge in [0.1, 0.15) is 0 Å². The molecule has 13 heavy (non-hydrogen) atoms. The summed E-state index contributed by atoms with van der Waals surface area (Å²) in [4.78, 5) is 0. The fourth-order valence-corrected chi connectivity index (χ4v) is 2.95. The molecule has 0 bridgehead atoms. The van der Waals surface area contributed by atoms with Gasteiger partial charge in [-0.3, -0.25) is 0 Å². The van der Waals surface area contributed by atoms with Gasteiger partial charge in [-0.25, -0.2) is 0 Å². The fourth-order valence-electron chi connectivity index (χ4n) is 2.95. The van der Waals surface area contributed by atoms with Crippen LogP contribution in [0, 0.1) is 11.3 Å². The van der Waals surface area contributed by atoms with Gasteiger partial charge in [-0.15, -0.1) is 0 Å². The van der Waals surface area contributed by atoms with Crippen molar-refractivity contribution in [2.45, 2.75) is 72.1 Å². The summed E-state index contributed by atoms with van der Waals surface area (Å²) in [5.41, 5.74) is 0.701. The molecule has 0 saturated heterocycles. The zero-order valence-electron chi connectivity index (χ0n) is 9.73. The van der Waals surface area contributed by atoms with Gasteiger partial charge in [0, 0.05) is 0 Å². The third kappa shape index (κ3) is 3.70. The summed E-state index contributed by atoms with van der Waals surface area (Å²) in [6.45, 7) is 7.24. The molecule has 0 radical (unpaired) electrons. The highest BCUT2D eigenvalue weighted by molar-refractivity contribution is 4.81. The van der Waals surface area contributed by atoms with Crippen molar-refractivity contribution in [2.24, 2.45) is 11.3 Å². The molecule has 1 aliphatic rings. The van der Waals surface area contributed by atoms with E-state index in [1.54, 1.807) is 0 Å². The normalized spacial score (nSPS) is 34.8. The maximum absolute atomic E-state index is 2.51. The predicted molar refractivity (Wildman–Crippen MR) is 59.9 cm³/mol. The van der Waals surface area contributed by atoms with E-state index in [0.717, 1.165) is 5.92 Å². The average Bonchev–Trinajstić information content (AvgIpc) is 2.04. The summed E-state index contributed by atoms with van der Waals surface area (Å²) in [5.74, 6) is 0.986. The van der Waals surface area contributed by atoms with Crippen molar-refractivity contribution in [1.82, 2.24) is 0 Å². The fraction of sp³-hybridized carbons (Fsp3) is 1.00. The lowest BCUT2D eigenvalue weighted by atomic mass is 9.69. The monoisotopic (exact) mass is 182 g/mol. The van der Waals surface area contributed by atoms with Crippen LogP contribution in [-0.2, 0) is 0 Å². The van der Waals surface area contributed by atoms with Gasteiger partial charge >= 0.3 is 0 Å². The van der Waals surface area contributed by atoms with Crippen molar-refractivity contribution < 1.29 is 0 Å². The molecule has 1 aliphatic carbocycles. The molecule has 0 aromatic heterocycles. The molecule has 0 heterocycles. The number of hydrogen-bond acceptors (Lipinski definition) is 0. The summed E-state index contributed by atoms with van der Waals surface area (Å²) in [6, 6.07) is 0. The second kappa shape index (κ2) is 5.02. The Morgan fingerprint density at radius 1 is 1.31 bits per heavy atom. The summed E-state index contributed by atoms with van der Waals surface area (Å²) in [7, 11) is 0. The van der Waals surface area contributed by atoms with E-state index in [4.69, 9.17) is 0 Å². The molecule has 78 valence electrons. The number of unbranched alkanes of at least 4 members (excludes halogenated alkanes) is 2. The highest BCUT2D eigenvalue weighted by Crippen LogP contribution is 2.42. The molecule has 2 atom stereocenters. The molecular weight excluding hydrogens is 156 g/mol. The van der Waals surface area contributed by atoms with Crippen molar-refractivity contribution >= 4 is 0 Å². The smallest absolute Gasteiger partial charge is 0.0323 e. The average molecular weight is 182 g/mol. The minimum absolute atomic E-state index is 0.701. The third-order valence-corrected chi connectivity index (χ3v) is 3.70. The highest BCUT2D eigenvalue weighted by Gasteiger charge is 2.29. The van der Waals surface area contributed by atoms with E-state index in [9.17, 15) is 0 Å². The first-order chi connectivity index (χ1) is 6.16. The lowest BCUT2D eigenvalue weighted by Crippen LogP contribution is -2.24. The molecule has 1 saturated carbocycles. The van der Waals surface area contributed by atoms with E-state index in [-0.39, 0.29) is 0 Å². The molecule has 1 rings (SSSR count). The van der Waals surface area contributed by atoms with Crippen LogP contribution < -0.4 is 0 Å². The molecule has 0 N–H and O–H groups in total. The van der Waals surface area contributed by atoms with Gasteiger partial charge in [-0.1, -0.05) is 52.9 Å². The predicted octanol–water partition coefficient (Wildman–Crippen LogP) is 4.78. The Hall–Kier alpha value is 0. The van der Waals surface area contributed by atoms with Crippen LogP contribution in [0.25, 0.3) is 0 Å². The Morgan fingerprint density at radius 3 is 2.69 bits per heavy atom. The molecule has 0 aromatic rings. The first kappa shape index (κ1) is 11.1. The van der Waals surface area contributed by atoms with Gasteiger partial charge in [0.2, 0.25) is 0 Å². The second-order valence-corrected chi connectivity index (χ2v) is 5.47. The molecular formula is C13H26. The van der Waals surface area contributed by atoms with Crippen molar-refractivity contribution in [3.05, 3.63) is 0 Å². The second-order valence-electron chi connectivity index (χ2n) is 5.47.